The molecule has 0 bridgehead atoms. The van der Waals surface area contributed by atoms with Gasteiger partial charge in [-0.25, -0.2) is 0 Å². The van der Waals surface area contributed by atoms with Crippen molar-refractivity contribution in [1.29, 1.82) is 0 Å². The van der Waals surface area contributed by atoms with Crippen LogP contribution >= 0.6 is 0 Å². The highest BCUT2D eigenvalue weighted by molar-refractivity contribution is 5.91. The fourth-order valence-corrected chi connectivity index (χ4v) is 6.60. The summed E-state index contributed by atoms with van der Waals surface area (Å²) in [5.74, 6) is 3.45. The van der Waals surface area contributed by atoms with E-state index in [0.717, 1.165) is 43.4 Å². The number of hydrogen-bond acceptors (Lipinski definition) is 3. The third kappa shape index (κ3) is 2.51. The largest absolute Gasteiger partial charge is 0.394 e. The molecule has 3 saturated carbocycles. The summed E-state index contributed by atoms with van der Waals surface area (Å²) in [7, 11) is 0. The van der Waals surface area contributed by atoms with Gasteiger partial charge in [-0.3, -0.25) is 4.79 Å². The molecular weight excluding hydrogens is 288 g/mol. The van der Waals surface area contributed by atoms with Gasteiger partial charge in [-0.15, -0.1) is 0 Å². The number of carbonyl (C=O) groups excluding carboxylic acids is 1. The molecule has 3 heteroatoms. The van der Waals surface area contributed by atoms with Crippen molar-refractivity contribution in [3.05, 3.63) is 11.6 Å². The summed E-state index contributed by atoms with van der Waals surface area (Å²) in [5.41, 5.74) is 1.78. The van der Waals surface area contributed by atoms with Crippen molar-refractivity contribution in [2.45, 2.75) is 64.4 Å². The third-order valence-corrected chi connectivity index (χ3v) is 7.62. The highest BCUT2D eigenvalue weighted by Gasteiger charge is 2.56. The maximum atomic E-state index is 11.7. The molecule has 0 amide bonds. The Morgan fingerprint density at radius 3 is 2.87 bits per heavy atom. The van der Waals surface area contributed by atoms with Gasteiger partial charge in [-0.05, 0) is 80.1 Å². The first-order valence-electron chi connectivity index (χ1n) is 9.59. The molecule has 0 unspecified atom stereocenters. The van der Waals surface area contributed by atoms with E-state index in [2.05, 4.69) is 6.92 Å². The van der Waals surface area contributed by atoms with E-state index < -0.39 is 0 Å². The minimum atomic E-state index is 0.132. The molecular formula is C20H30O3. The molecule has 4 rings (SSSR count). The lowest BCUT2D eigenvalue weighted by Gasteiger charge is -2.53. The Morgan fingerprint density at radius 1 is 1.17 bits per heavy atom. The lowest BCUT2D eigenvalue weighted by molar-refractivity contribution is -0.116. The van der Waals surface area contributed by atoms with Crippen LogP contribution in [-0.4, -0.2) is 30.2 Å². The summed E-state index contributed by atoms with van der Waals surface area (Å²) >= 11 is 0. The van der Waals surface area contributed by atoms with Crippen LogP contribution in [0.25, 0.3) is 0 Å². The maximum Gasteiger partial charge on any atom is 0.155 e. The van der Waals surface area contributed by atoms with Gasteiger partial charge < -0.3 is 9.84 Å². The van der Waals surface area contributed by atoms with Crippen LogP contribution in [-0.2, 0) is 9.53 Å². The third-order valence-electron chi connectivity index (χ3n) is 7.62. The predicted octanol–water partition coefficient (Wildman–Crippen LogP) is 3.51. The van der Waals surface area contributed by atoms with Crippen molar-refractivity contribution in [3.8, 4) is 0 Å². The molecule has 0 aliphatic heterocycles. The average molecular weight is 318 g/mol. The van der Waals surface area contributed by atoms with Gasteiger partial charge in [0.05, 0.1) is 19.3 Å². The van der Waals surface area contributed by atoms with E-state index in [9.17, 15) is 4.79 Å². The zero-order valence-corrected chi connectivity index (χ0v) is 14.3. The van der Waals surface area contributed by atoms with Crippen LogP contribution in [0.2, 0.25) is 0 Å². The standard InChI is InChI=1S/C20H30O3/c1-20-9-8-16-15-5-3-14(22)12-13(15)2-4-17(16)18(20)6-7-19(20)23-11-10-21/h12,15-19,21H,2-11H2,1H3/t15-,16+,17+,18-,19-,20-/m0/s1. The van der Waals surface area contributed by atoms with Crippen molar-refractivity contribution >= 4 is 5.78 Å². The molecule has 0 heterocycles. The first-order chi connectivity index (χ1) is 11.1. The second-order valence-corrected chi connectivity index (χ2v) is 8.51. The Hall–Kier alpha value is -0.670. The van der Waals surface area contributed by atoms with Crippen LogP contribution in [0.1, 0.15) is 58.3 Å². The lowest BCUT2D eigenvalue weighted by Crippen LogP contribution is -2.48. The summed E-state index contributed by atoms with van der Waals surface area (Å²) in [4.78, 5) is 11.7. The van der Waals surface area contributed by atoms with Crippen molar-refractivity contribution < 1.29 is 14.6 Å². The van der Waals surface area contributed by atoms with E-state index in [0.29, 0.717) is 29.8 Å². The Morgan fingerprint density at radius 2 is 2.04 bits per heavy atom. The summed E-state index contributed by atoms with van der Waals surface area (Å²) < 4.78 is 6.02. The molecule has 3 fully saturated rings. The van der Waals surface area contributed by atoms with E-state index in [-0.39, 0.29) is 6.61 Å². The van der Waals surface area contributed by atoms with Crippen LogP contribution in [0, 0.1) is 29.1 Å². The Kier molecular flexibility index (Phi) is 4.13. The van der Waals surface area contributed by atoms with E-state index in [1.165, 1.54) is 31.3 Å². The summed E-state index contributed by atoms with van der Waals surface area (Å²) in [5, 5.41) is 9.09. The van der Waals surface area contributed by atoms with E-state index in [1.54, 1.807) is 0 Å². The Bertz CT molecular complexity index is 511. The van der Waals surface area contributed by atoms with Crippen molar-refractivity contribution in [2.24, 2.45) is 29.1 Å². The van der Waals surface area contributed by atoms with Crippen LogP contribution in [0.15, 0.2) is 11.6 Å². The minimum absolute atomic E-state index is 0.132. The van der Waals surface area contributed by atoms with E-state index in [1.807, 2.05) is 6.08 Å². The number of allylic oxidation sites excluding steroid dienone is 1. The molecule has 4 aliphatic rings. The number of aliphatic hydroxyl groups excluding tert-OH is 1. The first kappa shape index (κ1) is 15.8. The fourth-order valence-electron chi connectivity index (χ4n) is 6.60. The van der Waals surface area contributed by atoms with Crippen LogP contribution < -0.4 is 0 Å². The molecule has 3 nitrogen and oxygen atoms in total. The maximum absolute atomic E-state index is 11.7. The summed E-state index contributed by atoms with van der Waals surface area (Å²) in [6.07, 6.45) is 11.6. The van der Waals surface area contributed by atoms with Crippen molar-refractivity contribution in [2.75, 3.05) is 13.2 Å². The fraction of sp³-hybridized carbons (Fsp3) is 0.850. The number of fused-ring (bicyclic) bond motifs is 5. The topological polar surface area (TPSA) is 46.5 Å². The molecule has 4 aliphatic carbocycles. The molecule has 128 valence electrons. The van der Waals surface area contributed by atoms with Crippen molar-refractivity contribution in [1.82, 2.24) is 0 Å². The monoisotopic (exact) mass is 318 g/mol. The van der Waals surface area contributed by atoms with Crippen molar-refractivity contribution in [3.63, 3.8) is 0 Å². The van der Waals surface area contributed by atoms with Gasteiger partial charge >= 0.3 is 0 Å². The van der Waals surface area contributed by atoms with Gasteiger partial charge in [0.15, 0.2) is 5.78 Å². The quantitative estimate of drug-likeness (QED) is 0.866. The molecule has 23 heavy (non-hydrogen) atoms. The smallest absolute Gasteiger partial charge is 0.155 e. The van der Waals surface area contributed by atoms with E-state index >= 15 is 0 Å². The minimum Gasteiger partial charge on any atom is -0.394 e. The SMILES string of the molecule is C[C@]12CC[C@H]3[C@@H](CCC4=CC(=O)CC[C@@H]43)[C@@H]1CC[C@@H]2OCCO. The molecule has 0 aromatic rings. The normalized spacial score (nSPS) is 45.9. The molecule has 6 atom stereocenters. The van der Waals surface area contributed by atoms with Crippen LogP contribution in [0.5, 0.6) is 0 Å². The molecule has 0 saturated heterocycles. The Balaban J connectivity index is 1.54. The highest BCUT2D eigenvalue weighted by atomic mass is 16.5. The first-order valence-corrected chi connectivity index (χ1v) is 9.59. The van der Waals surface area contributed by atoms with Gasteiger partial charge in [-0.2, -0.15) is 0 Å². The van der Waals surface area contributed by atoms with Gasteiger partial charge in [0.25, 0.3) is 0 Å². The number of ether oxygens (including phenoxy) is 1. The molecule has 0 aromatic heterocycles. The van der Waals surface area contributed by atoms with Crippen LogP contribution in [0.4, 0.5) is 0 Å². The van der Waals surface area contributed by atoms with Gasteiger partial charge in [0.1, 0.15) is 0 Å². The van der Waals surface area contributed by atoms with Gasteiger partial charge in [-0.1, -0.05) is 12.5 Å². The number of rotatable bonds is 3. The lowest BCUT2D eigenvalue weighted by atomic mass is 9.52. The Labute approximate surface area is 139 Å². The zero-order valence-electron chi connectivity index (χ0n) is 14.3. The van der Waals surface area contributed by atoms with Gasteiger partial charge in [0, 0.05) is 6.42 Å². The summed E-state index contributed by atoms with van der Waals surface area (Å²) in [6.45, 7) is 3.06. The second kappa shape index (κ2) is 6.00. The summed E-state index contributed by atoms with van der Waals surface area (Å²) in [6, 6.07) is 0. The average Bonchev–Trinajstić information content (AvgIpc) is 2.89. The van der Waals surface area contributed by atoms with Gasteiger partial charge in [0.2, 0.25) is 0 Å². The number of aliphatic hydroxyl groups is 1. The molecule has 0 spiro atoms. The number of hydrogen-bond donors (Lipinski definition) is 1. The molecule has 0 aromatic carbocycles. The molecule has 0 radical (unpaired) electrons. The molecule has 1 N–H and O–H groups in total. The van der Waals surface area contributed by atoms with Crippen LogP contribution in [0.3, 0.4) is 0 Å². The van der Waals surface area contributed by atoms with E-state index in [4.69, 9.17) is 9.84 Å². The zero-order chi connectivity index (χ0) is 16.0. The second-order valence-electron chi connectivity index (χ2n) is 8.51. The predicted molar refractivity (Wildman–Crippen MR) is 88.9 cm³/mol. The highest BCUT2D eigenvalue weighted by Crippen LogP contribution is 2.62. The number of carbonyl (C=O) groups is 1. The number of ketones is 1.